The SMILES string of the molecule is Cc1cc(C(NN)C2C3CCCC32)cs1. The highest BCUT2D eigenvalue weighted by Crippen LogP contribution is 2.62. The minimum Gasteiger partial charge on any atom is -0.271 e. The van der Waals surface area contributed by atoms with E-state index in [0.29, 0.717) is 6.04 Å². The van der Waals surface area contributed by atoms with Crippen molar-refractivity contribution in [1.82, 2.24) is 5.43 Å². The van der Waals surface area contributed by atoms with Crippen LogP contribution in [-0.2, 0) is 0 Å². The molecule has 3 N–H and O–H groups in total. The van der Waals surface area contributed by atoms with Crippen molar-refractivity contribution in [2.24, 2.45) is 23.6 Å². The summed E-state index contributed by atoms with van der Waals surface area (Å²) in [5.41, 5.74) is 4.43. The van der Waals surface area contributed by atoms with E-state index in [4.69, 9.17) is 5.84 Å². The first-order valence-corrected chi connectivity index (χ1v) is 6.70. The largest absolute Gasteiger partial charge is 0.271 e. The summed E-state index contributed by atoms with van der Waals surface area (Å²) in [5.74, 6) is 8.46. The van der Waals surface area contributed by atoms with E-state index in [9.17, 15) is 0 Å². The molecule has 2 aliphatic rings. The maximum absolute atomic E-state index is 5.71. The standard InChI is InChI=1S/C12H18N2S/c1-7-5-8(6-15-7)12(14-13)11-9-3-2-4-10(9)11/h5-6,9-12,14H,2-4,13H2,1H3. The molecule has 0 bridgehead atoms. The molecule has 2 fully saturated rings. The van der Waals surface area contributed by atoms with Gasteiger partial charge < -0.3 is 0 Å². The zero-order valence-electron chi connectivity index (χ0n) is 9.07. The predicted octanol–water partition coefficient (Wildman–Crippen LogP) is 2.61. The number of aryl methyl sites for hydroxylation is 1. The van der Waals surface area contributed by atoms with Gasteiger partial charge in [0.2, 0.25) is 0 Å². The van der Waals surface area contributed by atoms with Crippen molar-refractivity contribution in [2.45, 2.75) is 32.2 Å². The zero-order chi connectivity index (χ0) is 10.4. The first-order valence-electron chi connectivity index (χ1n) is 5.82. The Hall–Kier alpha value is -0.380. The van der Waals surface area contributed by atoms with Crippen LogP contribution >= 0.6 is 11.3 Å². The van der Waals surface area contributed by atoms with Gasteiger partial charge in [0.05, 0.1) is 6.04 Å². The molecule has 82 valence electrons. The smallest absolute Gasteiger partial charge is 0.0501 e. The second-order valence-corrected chi connectivity index (χ2v) is 6.09. The number of nitrogens with one attached hydrogen (secondary N) is 1. The Bertz CT molecular complexity index is 350. The van der Waals surface area contributed by atoms with Crippen LogP contribution in [0.3, 0.4) is 0 Å². The van der Waals surface area contributed by atoms with Gasteiger partial charge in [0.1, 0.15) is 0 Å². The average Bonchev–Trinajstić information content (AvgIpc) is 2.67. The van der Waals surface area contributed by atoms with E-state index in [1.165, 1.54) is 29.7 Å². The predicted molar refractivity (Wildman–Crippen MR) is 63.4 cm³/mol. The third kappa shape index (κ3) is 1.53. The number of rotatable bonds is 3. The maximum atomic E-state index is 5.71. The van der Waals surface area contributed by atoms with Crippen molar-refractivity contribution in [3.63, 3.8) is 0 Å². The highest BCUT2D eigenvalue weighted by atomic mass is 32.1. The lowest BCUT2D eigenvalue weighted by atomic mass is 9.99. The van der Waals surface area contributed by atoms with Crippen LogP contribution < -0.4 is 11.3 Å². The molecule has 3 heteroatoms. The van der Waals surface area contributed by atoms with Gasteiger partial charge in [-0.15, -0.1) is 11.3 Å². The number of hydrogen-bond donors (Lipinski definition) is 2. The monoisotopic (exact) mass is 222 g/mol. The van der Waals surface area contributed by atoms with Crippen molar-refractivity contribution in [3.05, 3.63) is 21.9 Å². The van der Waals surface area contributed by atoms with Crippen molar-refractivity contribution in [3.8, 4) is 0 Å². The molecular formula is C12H18N2S. The third-order valence-electron chi connectivity index (χ3n) is 4.15. The van der Waals surface area contributed by atoms with Gasteiger partial charge in [-0.05, 0) is 54.5 Å². The van der Waals surface area contributed by atoms with E-state index in [-0.39, 0.29) is 0 Å². The first-order chi connectivity index (χ1) is 7.31. The molecule has 0 spiro atoms. The molecule has 15 heavy (non-hydrogen) atoms. The van der Waals surface area contributed by atoms with Crippen LogP contribution in [-0.4, -0.2) is 0 Å². The van der Waals surface area contributed by atoms with Crippen LogP contribution in [0.1, 0.15) is 35.7 Å². The van der Waals surface area contributed by atoms with Crippen molar-refractivity contribution >= 4 is 11.3 Å². The molecule has 0 aromatic carbocycles. The summed E-state index contributed by atoms with van der Waals surface area (Å²) in [5, 5.41) is 2.26. The molecule has 1 aromatic rings. The van der Waals surface area contributed by atoms with Crippen LogP contribution in [0.4, 0.5) is 0 Å². The summed E-state index contributed by atoms with van der Waals surface area (Å²) < 4.78 is 0. The molecular weight excluding hydrogens is 204 g/mol. The van der Waals surface area contributed by atoms with Gasteiger partial charge >= 0.3 is 0 Å². The first kappa shape index (κ1) is 9.82. The lowest BCUT2D eigenvalue weighted by molar-refractivity contribution is 0.426. The Morgan fingerprint density at radius 1 is 1.47 bits per heavy atom. The van der Waals surface area contributed by atoms with E-state index in [1.807, 2.05) is 11.3 Å². The topological polar surface area (TPSA) is 38.0 Å². The molecule has 0 radical (unpaired) electrons. The Labute approximate surface area is 94.8 Å². The number of nitrogens with two attached hydrogens (primary N) is 1. The van der Waals surface area contributed by atoms with Gasteiger partial charge in [-0.25, -0.2) is 0 Å². The van der Waals surface area contributed by atoms with Crippen LogP contribution in [0, 0.1) is 24.7 Å². The summed E-state index contributed by atoms with van der Waals surface area (Å²) in [6, 6.07) is 2.69. The molecule has 1 aromatic heterocycles. The minimum absolute atomic E-state index is 0.408. The van der Waals surface area contributed by atoms with E-state index in [2.05, 4.69) is 23.8 Å². The lowest BCUT2D eigenvalue weighted by Gasteiger charge is -2.16. The molecule has 3 unspecified atom stereocenters. The molecule has 2 aliphatic carbocycles. The van der Waals surface area contributed by atoms with Gasteiger partial charge in [-0.3, -0.25) is 11.3 Å². The van der Waals surface area contributed by atoms with Gasteiger partial charge in [0.25, 0.3) is 0 Å². The molecule has 3 rings (SSSR count). The summed E-state index contributed by atoms with van der Waals surface area (Å²) in [7, 11) is 0. The Balaban J connectivity index is 1.78. The fourth-order valence-electron chi connectivity index (χ4n) is 3.43. The van der Waals surface area contributed by atoms with E-state index in [0.717, 1.165) is 17.8 Å². The molecule has 1 heterocycles. The van der Waals surface area contributed by atoms with Crippen LogP contribution in [0.2, 0.25) is 0 Å². The number of fused-ring (bicyclic) bond motifs is 1. The van der Waals surface area contributed by atoms with E-state index in [1.54, 1.807) is 0 Å². The van der Waals surface area contributed by atoms with Gasteiger partial charge in [-0.2, -0.15) is 0 Å². The minimum atomic E-state index is 0.408. The summed E-state index contributed by atoms with van der Waals surface area (Å²) >= 11 is 1.83. The molecule has 0 aliphatic heterocycles. The molecule has 2 nitrogen and oxygen atoms in total. The normalized spacial score (nSPS) is 35.2. The lowest BCUT2D eigenvalue weighted by Crippen LogP contribution is -2.30. The van der Waals surface area contributed by atoms with Crippen molar-refractivity contribution in [2.75, 3.05) is 0 Å². The highest BCUT2D eigenvalue weighted by Gasteiger charge is 2.55. The second-order valence-electron chi connectivity index (χ2n) is 4.97. The fourth-order valence-corrected chi connectivity index (χ4v) is 4.17. The fraction of sp³-hybridized carbons (Fsp3) is 0.667. The average molecular weight is 222 g/mol. The number of thiophene rings is 1. The highest BCUT2D eigenvalue weighted by molar-refractivity contribution is 7.10. The molecule has 2 saturated carbocycles. The van der Waals surface area contributed by atoms with Gasteiger partial charge in [0, 0.05) is 4.88 Å². The van der Waals surface area contributed by atoms with Crippen molar-refractivity contribution < 1.29 is 0 Å². The Morgan fingerprint density at radius 2 is 2.20 bits per heavy atom. The number of hydrogen-bond acceptors (Lipinski definition) is 3. The van der Waals surface area contributed by atoms with Crippen LogP contribution in [0.15, 0.2) is 11.4 Å². The Kier molecular flexibility index (Phi) is 2.34. The third-order valence-corrected chi connectivity index (χ3v) is 5.03. The van der Waals surface area contributed by atoms with Crippen LogP contribution in [0.5, 0.6) is 0 Å². The quantitative estimate of drug-likeness (QED) is 0.609. The number of hydrazine groups is 1. The zero-order valence-corrected chi connectivity index (χ0v) is 9.89. The summed E-state index contributed by atoms with van der Waals surface area (Å²) in [4.78, 5) is 1.39. The second kappa shape index (κ2) is 3.58. The van der Waals surface area contributed by atoms with Crippen LogP contribution in [0.25, 0.3) is 0 Å². The van der Waals surface area contributed by atoms with E-state index >= 15 is 0 Å². The molecule has 0 amide bonds. The van der Waals surface area contributed by atoms with Gasteiger partial charge in [0.15, 0.2) is 0 Å². The maximum Gasteiger partial charge on any atom is 0.0501 e. The van der Waals surface area contributed by atoms with Gasteiger partial charge in [-0.1, -0.05) is 6.42 Å². The summed E-state index contributed by atoms with van der Waals surface area (Å²) in [6.07, 6.45) is 4.29. The molecule has 0 saturated heterocycles. The van der Waals surface area contributed by atoms with Crippen molar-refractivity contribution in [1.29, 1.82) is 0 Å². The molecule has 3 atom stereocenters. The van der Waals surface area contributed by atoms with E-state index < -0.39 is 0 Å². The Morgan fingerprint density at radius 3 is 2.73 bits per heavy atom. The summed E-state index contributed by atoms with van der Waals surface area (Å²) in [6.45, 7) is 2.16.